The van der Waals surface area contributed by atoms with Crippen molar-refractivity contribution in [1.29, 1.82) is 0 Å². The van der Waals surface area contributed by atoms with Crippen molar-refractivity contribution in [2.45, 2.75) is 19.8 Å². The number of nitrogens with zero attached hydrogens (tertiary/aromatic N) is 2. The van der Waals surface area contributed by atoms with Gasteiger partial charge in [0.05, 0.1) is 25.8 Å². The standard InChI is InChI=1S/C19H27N3O4.ClH/c1-19(11-20)4-5-21(12-19)18(24)13-6-17(23)22(10-13)14-7-15(25-2)9-16(8-14)26-3;/h7-9,13H,4-6,10-12,20H2,1-3H3;1H. The normalized spacial score (nSPS) is 24.7. The van der Waals surface area contributed by atoms with Gasteiger partial charge in [0.15, 0.2) is 0 Å². The monoisotopic (exact) mass is 397 g/mol. The number of amides is 2. The second-order valence-corrected chi connectivity index (χ2v) is 7.50. The van der Waals surface area contributed by atoms with E-state index in [2.05, 4.69) is 6.92 Å². The van der Waals surface area contributed by atoms with E-state index >= 15 is 0 Å². The maximum atomic E-state index is 12.9. The lowest BCUT2D eigenvalue weighted by Crippen LogP contribution is -2.38. The summed E-state index contributed by atoms with van der Waals surface area (Å²) in [7, 11) is 3.14. The molecule has 2 aliphatic heterocycles. The van der Waals surface area contributed by atoms with Crippen LogP contribution in [-0.2, 0) is 9.59 Å². The Balaban J connectivity index is 0.00000261. The molecule has 1 aromatic carbocycles. The van der Waals surface area contributed by atoms with Crippen LogP contribution >= 0.6 is 12.4 Å². The van der Waals surface area contributed by atoms with Gasteiger partial charge in [0, 0.05) is 44.3 Å². The van der Waals surface area contributed by atoms with E-state index in [9.17, 15) is 9.59 Å². The number of methoxy groups -OCH3 is 2. The molecule has 2 unspecified atom stereocenters. The molecule has 2 fully saturated rings. The molecular weight excluding hydrogens is 370 g/mol. The van der Waals surface area contributed by atoms with Gasteiger partial charge in [-0.1, -0.05) is 6.92 Å². The first-order chi connectivity index (χ1) is 12.4. The van der Waals surface area contributed by atoms with Gasteiger partial charge in [0.25, 0.3) is 0 Å². The Bertz CT molecular complexity index is 692. The van der Waals surface area contributed by atoms with E-state index in [0.29, 0.717) is 43.4 Å². The summed E-state index contributed by atoms with van der Waals surface area (Å²) in [5, 5.41) is 0. The lowest BCUT2D eigenvalue weighted by Gasteiger charge is -2.24. The number of benzene rings is 1. The predicted octanol–water partition coefficient (Wildman–Crippen LogP) is 1.68. The van der Waals surface area contributed by atoms with Crippen molar-refractivity contribution in [3.05, 3.63) is 18.2 Å². The van der Waals surface area contributed by atoms with E-state index in [1.54, 1.807) is 37.3 Å². The Morgan fingerprint density at radius 3 is 2.41 bits per heavy atom. The molecule has 2 N–H and O–H groups in total. The Labute approximate surface area is 166 Å². The molecule has 2 saturated heterocycles. The van der Waals surface area contributed by atoms with Crippen LogP contribution in [0.2, 0.25) is 0 Å². The number of rotatable bonds is 5. The van der Waals surface area contributed by atoms with Crippen molar-refractivity contribution in [2.75, 3.05) is 45.3 Å². The number of nitrogens with two attached hydrogens (primary N) is 1. The fourth-order valence-electron chi connectivity index (χ4n) is 3.71. The molecule has 0 bridgehead atoms. The van der Waals surface area contributed by atoms with Crippen molar-refractivity contribution in [2.24, 2.45) is 17.1 Å². The van der Waals surface area contributed by atoms with Gasteiger partial charge in [-0.2, -0.15) is 0 Å². The van der Waals surface area contributed by atoms with Gasteiger partial charge in [-0.05, 0) is 18.4 Å². The van der Waals surface area contributed by atoms with Crippen LogP contribution in [0, 0.1) is 11.3 Å². The number of carbonyl (C=O) groups is 2. The number of hydrogen-bond donors (Lipinski definition) is 1. The molecule has 2 aliphatic rings. The molecule has 27 heavy (non-hydrogen) atoms. The van der Waals surface area contributed by atoms with Crippen molar-refractivity contribution in [1.82, 2.24) is 4.90 Å². The zero-order valence-corrected chi connectivity index (χ0v) is 16.9. The zero-order chi connectivity index (χ0) is 18.9. The van der Waals surface area contributed by atoms with Gasteiger partial charge in [0.1, 0.15) is 11.5 Å². The second-order valence-electron chi connectivity index (χ2n) is 7.50. The van der Waals surface area contributed by atoms with Crippen LogP contribution < -0.4 is 20.1 Å². The second kappa shape index (κ2) is 8.35. The molecule has 2 atom stereocenters. The van der Waals surface area contributed by atoms with E-state index < -0.39 is 0 Å². The molecule has 0 spiro atoms. The SMILES string of the molecule is COc1cc(OC)cc(N2CC(C(=O)N3CCC(C)(CN)C3)CC2=O)c1.Cl. The van der Waals surface area contributed by atoms with Gasteiger partial charge in [0.2, 0.25) is 11.8 Å². The Kier molecular flexibility index (Phi) is 6.59. The van der Waals surface area contributed by atoms with Gasteiger partial charge >= 0.3 is 0 Å². The first-order valence-corrected chi connectivity index (χ1v) is 8.91. The molecule has 0 radical (unpaired) electrons. The van der Waals surface area contributed by atoms with Crippen LogP contribution in [0.4, 0.5) is 5.69 Å². The minimum atomic E-state index is -0.320. The third-order valence-corrected chi connectivity index (χ3v) is 5.48. The topological polar surface area (TPSA) is 85.1 Å². The van der Waals surface area contributed by atoms with Crippen LogP contribution in [-0.4, -0.2) is 57.1 Å². The third-order valence-electron chi connectivity index (χ3n) is 5.48. The Morgan fingerprint density at radius 1 is 1.26 bits per heavy atom. The number of carbonyl (C=O) groups excluding carboxylic acids is 2. The first-order valence-electron chi connectivity index (χ1n) is 8.91. The van der Waals surface area contributed by atoms with Crippen LogP contribution in [0.3, 0.4) is 0 Å². The lowest BCUT2D eigenvalue weighted by molar-refractivity contribution is -0.135. The number of ether oxygens (including phenoxy) is 2. The molecule has 0 saturated carbocycles. The van der Waals surface area contributed by atoms with Crippen LogP contribution in [0.1, 0.15) is 19.8 Å². The highest BCUT2D eigenvalue weighted by Crippen LogP contribution is 2.34. The molecule has 7 nitrogen and oxygen atoms in total. The van der Waals surface area contributed by atoms with E-state index in [-0.39, 0.29) is 42.0 Å². The van der Waals surface area contributed by atoms with E-state index in [1.165, 1.54) is 0 Å². The summed E-state index contributed by atoms with van der Waals surface area (Å²) in [4.78, 5) is 28.9. The highest BCUT2D eigenvalue weighted by Gasteiger charge is 2.41. The minimum Gasteiger partial charge on any atom is -0.497 e. The third kappa shape index (κ3) is 4.30. The average Bonchev–Trinajstić information content (AvgIpc) is 3.24. The number of halogens is 1. The van der Waals surface area contributed by atoms with Crippen molar-refractivity contribution < 1.29 is 19.1 Å². The number of anilines is 1. The Morgan fingerprint density at radius 2 is 1.89 bits per heavy atom. The summed E-state index contributed by atoms with van der Waals surface area (Å²) in [6.07, 6.45) is 1.14. The molecule has 8 heteroatoms. The molecule has 150 valence electrons. The molecule has 2 heterocycles. The van der Waals surface area contributed by atoms with Crippen molar-refractivity contribution >= 4 is 29.9 Å². The fourth-order valence-corrected chi connectivity index (χ4v) is 3.71. The lowest BCUT2D eigenvalue weighted by atomic mass is 9.90. The van der Waals surface area contributed by atoms with Crippen molar-refractivity contribution in [3.8, 4) is 11.5 Å². The summed E-state index contributed by atoms with van der Waals surface area (Å²) < 4.78 is 10.6. The van der Waals surface area contributed by atoms with E-state index in [0.717, 1.165) is 6.42 Å². The average molecular weight is 398 g/mol. The van der Waals surface area contributed by atoms with E-state index in [1.807, 2.05) is 4.90 Å². The van der Waals surface area contributed by atoms with Gasteiger partial charge in [-0.25, -0.2) is 0 Å². The van der Waals surface area contributed by atoms with Crippen molar-refractivity contribution in [3.63, 3.8) is 0 Å². The minimum absolute atomic E-state index is 0. The highest BCUT2D eigenvalue weighted by molar-refractivity contribution is 6.00. The van der Waals surface area contributed by atoms with Crippen LogP contribution in [0.5, 0.6) is 11.5 Å². The van der Waals surface area contributed by atoms with Gasteiger partial charge < -0.3 is 25.0 Å². The maximum absolute atomic E-state index is 12.9. The summed E-state index contributed by atoms with van der Waals surface area (Å²) in [5.41, 5.74) is 6.51. The molecule has 0 aliphatic carbocycles. The molecule has 3 rings (SSSR count). The molecule has 2 amide bonds. The summed E-state index contributed by atoms with van der Waals surface area (Å²) in [6.45, 7) is 4.43. The van der Waals surface area contributed by atoms with Crippen LogP contribution in [0.15, 0.2) is 18.2 Å². The predicted molar refractivity (Wildman–Crippen MR) is 106 cm³/mol. The summed E-state index contributed by atoms with van der Waals surface area (Å²) >= 11 is 0. The Hall–Kier alpha value is -1.99. The fraction of sp³-hybridized carbons (Fsp3) is 0.579. The van der Waals surface area contributed by atoms with Gasteiger partial charge in [-0.3, -0.25) is 9.59 Å². The largest absolute Gasteiger partial charge is 0.497 e. The van der Waals surface area contributed by atoms with Crippen LogP contribution in [0.25, 0.3) is 0 Å². The molecule has 1 aromatic rings. The summed E-state index contributed by atoms with van der Waals surface area (Å²) in [6, 6.07) is 5.33. The first kappa shape index (κ1) is 21.3. The zero-order valence-electron chi connectivity index (χ0n) is 16.1. The summed E-state index contributed by atoms with van der Waals surface area (Å²) in [5.74, 6) is 0.896. The van der Waals surface area contributed by atoms with E-state index in [4.69, 9.17) is 15.2 Å². The maximum Gasteiger partial charge on any atom is 0.228 e. The quantitative estimate of drug-likeness (QED) is 0.817. The molecule has 0 aromatic heterocycles. The number of hydrogen-bond acceptors (Lipinski definition) is 5. The number of likely N-dealkylation sites (tertiary alicyclic amines) is 1. The molecular formula is C19H28ClN3O4. The highest BCUT2D eigenvalue weighted by atomic mass is 35.5. The smallest absolute Gasteiger partial charge is 0.228 e. The van der Waals surface area contributed by atoms with Gasteiger partial charge in [-0.15, -0.1) is 12.4 Å².